The van der Waals surface area contributed by atoms with Gasteiger partial charge in [0, 0.05) is 31.4 Å². The van der Waals surface area contributed by atoms with Crippen LogP contribution in [-0.4, -0.2) is 36.2 Å². The van der Waals surface area contributed by atoms with Gasteiger partial charge in [0.25, 0.3) is 0 Å². The number of piperidine rings is 1. The maximum Gasteiger partial charge on any atom is 0.315 e. The molecule has 1 atom stereocenters. The summed E-state index contributed by atoms with van der Waals surface area (Å²) in [6, 6.07) is 6.41. The molecule has 0 unspecified atom stereocenters. The predicted octanol–water partition coefficient (Wildman–Crippen LogP) is 2.15. The van der Waals surface area contributed by atoms with E-state index < -0.39 is 0 Å². The quantitative estimate of drug-likeness (QED) is 0.886. The van der Waals surface area contributed by atoms with E-state index in [1.165, 1.54) is 0 Å². The molecule has 110 valence electrons. The fourth-order valence-electron chi connectivity index (χ4n) is 2.35. The van der Waals surface area contributed by atoms with Gasteiger partial charge in [-0.2, -0.15) is 0 Å². The second-order valence-electron chi connectivity index (χ2n) is 5.38. The zero-order valence-electron chi connectivity index (χ0n) is 12.3. The van der Waals surface area contributed by atoms with Crippen LogP contribution >= 0.6 is 0 Å². The van der Waals surface area contributed by atoms with E-state index in [0.29, 0.717) is 0 Å². The average Bonchev–Trinajstić information content (AvgIpc) is 2.48. The van der Waals surface area contributed by atoms with Gasteiger partial charge >= 0.3 is 6.03 Å². The van der Waals surface area contributed by atoms with Crippen LogP contribution in [-0.2, 0) is 0 Å². The summed E-state index contributed by atoms with van der Waals surface area (Å²) in [5.74, 6) is 1.02. The highest BCUT2D eigenvalue weighted by molar-refractivity contribution is 5.74. The van der Waals surface area contributed by atoms with Gasteiger partial charge in [-0.1, -0.05) is 13.0 Å². The van der Waals surface area contributed by atoms with Crippen LogP contribution in [0.4, 0.5) is 10.6 Å². The van der Waals surface area contributed by atoms with Crippen molar-refractivity contribution in [3.8, 4) is 0 Å². The second-order valence-corrected chi connectivity index (χ2v) is 5.38. The van der Waals surface area contributed by atoms with Crippen LogP contribution in [0, 0.1) is 0 Å². The molecule has 1 aromatic rings. The summed E-state index contributed by atoms with van der Waals surface area (Å²) in [4.78, 5) is 18.4. The van der Waals surface area contributed by atoms with Crippen LogP contribution in [0.3, 0.4) is 0 Å². The summed E-state index contributed by atoms with van der Waals surface area (Å²) in [7, 11) is 0. The first-order chi connectivity index (χ1) is 9.69. The maximum absolute atomic E-state index is 11.8. The van der Waals surface area contributed by atoms with Crippen LogP contribution in [0.1, 0.15) is 33.1 Å². The summed E-state index contributed by atoms with van der Waals surface area (Å²) in [5, 5.41) is 6.00. The van der Waals surface area contributed by atoms with Gasteiger partial charge < -0.3 is 15.5 Å². The van der Waals surface area contributed by atoms with Gasteiger partial charge in [-0.15, -0.1) is 0 Å². The number of pyridine rings is 1. The van der Waals surface area contributed by atoms with Gasteiger partial charge in [0.1, 0.15) is 5.82 Å². The number of carbonyl (C=O) groups excluding carboxylic acids is 1. The second kappa shape index (κ2) is 7.12. The Hall–Kier alpha value is -1.78. The number of amides is 2. The molecule has 1 aliphatic rings. The molecule has 2 rings (SSSR count). The Bertz CT molecular complexity index is 415. The van der Waals surface area contributed by atoms with Crippen molar-refractivity contribution in [2.75, 3.05) is 18.0 Å². The Kier molecular flexibility index (Phi) is 5.21. The van der Waals surface area contributed by atoms with Crippen LogP contribution in [0.15, 0.2) is 24.4 Å². The van der Waals surface area contributed by atoms with E-state index in [-0.39, 0.29) is 18.1 Å². The first-order valence-corrected chi connectivity index (χ1v) is 7.42. The van der Waals surface area contributed by atoms with E-state index in [1.807, 2.05) is 31.3 Å². The van der Waals surface area contributed by atoms with Crippen molar-refractivity contribution in [2.45, 2.75) is 45.2 Å². The minimum Gasteiger partial charge on any atom is -0.356 e. The number of carbonyl (C=O) groups is 1. The molecule has 1 saturated heterocycles. The summed E-state index contributed by atoms with van der Waals surface area (Å²) >= 11 is 0. The van der Waals surface area contributed by atoms with Gasteiger partial charge in [0.15, 0.2) is 0 Å². The van der Waals surface area contributed by atoms with Gasteiger partial charge in [0.05, 0.1) is 0 Å². The number of hydrogen-bond acceptors (Lipinski definition) is 3. The lowest BCUT2D eigenvalue weighted by atomic mass is 10.1. The SMILES string of the molecule is CC[C@@H](C)NC(=O)NC1CCN(c2ccccn2)CC1. The van der Waals surface area contributed by atoms with E-state index >= 15 is 0 Å². The predicted molar refractivity (Wildman–Crippen MR) is 80.9 cm³/mol. The molecule has 0 aromatic carbocycles. The molecule has 5 nitrogen and oxygen atoms in total. The molecule has 2 amide bonds. The zero-order chi connectivity index (χ0) is 14.4. The minimum absolute atomic E-state index is 0.0457. The molecule has 0 bridgehead atoms. The number of urea groups is 1. The van der Waals surface area contributed by atoms with E-state index in [2.05, 4.69) is 27.4 Å². The van der Waals surface area contributed by atoms with Crippen molar-refractivity contribution >= 4 is 11.8 Å². The number of anilines is 1. The summed E-state index contributed by atoms with van der Waals surface area (Å²) in [6.45, 7) is 5.95. The Labute approximate surface area is 120 Å². The molecule has 2 N–H and O–H groups in total. The van der Waals surface area contributed by atoms with Crippen molar-refractivity contribution in [3.05, 3.63) is 24.4 Å². The third-order valence-electron chi connectivity index (χ3n) is 3.79. The zero-order valence-corrected chi connectivity index (χ0v) is 12.3. The third-order valence-corrected chi connectivity index (χ3v) is 3.79. The van der Waals surface area contributed by atoms with E-state index in [9.17, 15) is 4.79 Å². The van der Waals surface area contributed by atoms with Crippen molar-refractivity contribution in [2.24, 2.45) is 0 Å². The molecule has 5 heteroatoms. The van der Waals surface area contributed by atoms with Crippen molar-refractivity contribution < 1.29 is 4.79 Å². The molecule has 0 saturated carbocycles. The highest BCUT2D eigenvalue weighted by atomic mass is 16.2. The topological polar surface area (TPSA) is 57.3 Å². The van der Waals surface area contributed by atoms with Gasteiger partial charge in [-0.25, -0.2) is 9.78 Å². The number of nitrogens with zero attached hydrogens (tertiary/aromatic N) is 2. The molecule has 1 fully saturated rings. The number of hydrogen-bond donors (Lipinski definition) is 2. The highest BCUT2D eigenvalue weighted by Crippen LogP contribution is 2.17. The normalized spacial score (nSPS) is 17.6. The highest BCUT2D eigenvalue weighted by Gasteiger charge is 2.21. The average molecular weight is 276 g/mol. The van der Waals surface area contributed by atoms with Crippen LogP contribution in [0.2, 0.25) is 0 Å². The smallest absolute Gasteiger partial charge is 0.315 e. The molecule has 0 radical (unpaired) electrons. The third kappa shape index (κ3) is 4.11. The summed E-state index contributed by atoms with van der Waals surface area (Å²) in [6.07, 6.45) is 4.69. The van der Waals surface area contributed by atoms with Crippen molar-refractivity contribution in [1.29, 1.82) is 0 Å². The number of rotatable bonds is 4. The molecular weight excluding hydrogens is 252 g/mol. The fraction of sp³-hybridized carbons (Fsp3) is 0.600. The fourth-order valence-corrected chi connectivity index (χ4v) is 2.35. The maximum atomic E-state index is 11.8. The summed E-state index contributed by atoms with van der Waals surface area (Å²) in [5.41, 5.74) is 0. The molecule has 0 aliphatic carbocycles. The Morgan fingerprint density at radius 3 is 2.80 bits per heavy atom. The van der Waals surface area contributed by atoms with E-state index in [4.69, 9.17) is 0 Å². The Morgan fingerprint density at radius 1 is 1.45 bits per heavy atom. The largest absolute Gasteiger partial charge is 0.356 e. The van der Waals surface area contributed by atoms with Crippen LogP contribution in [0.25, 0.3) is 0 Å². The number of nitrogens with one attached hydrogen (secondary N) is 2. The molecule has 1 aromatic heterocycles. The molecule has 0 spiro atoms. The van der Waals surface area contributed by atoms with Gasteiger partial charge in [0.2, 0.25) is 0 Å². The summed E-state index contributed by atoms with van der Waals surface area (Å²) < 4.78 is 0. The van der Waals surface area contributed by atoms with Crippen LogP contribution in [0.5, 0.6) is 0 Å². The first-order valence-electron chi connectivity index (χ1n) is 7.42. The lowest BCUT2D eigenvalue weighted by molar-refractivity contribution is 0.231. The standard InChI is InChI=1S/C15H24N4O/c1-3-12(2)17-15(20)18-13-7-10-19(11-8-13)14-6-4-5-9-16-14/h4-6,9,12-13H,3,7-8,10-11H2,1-2H3,(H2,17,18,20)/t12-/m1/s1. The monoisotopic (exact) mass is 276 g/mol. The van der Waals surface area contributed by atoms with Crippen molar-refractivity contribution in [3.63, 3.8) is 0 Å². The van der Waals surface area contributed by atoms with Gasteiger partial charge in [-0.05, 0) is 38.3 Å². The molecule has 1 aliphatic heterocycles. The Morgan fingerprint density at radius 2 is 2.20 bits per heavy atom. The number of aromatic nitrogens is 1. The molecular formula is C15H24N4O. The van der Waals surface area contributed by atoms with Crippen LogP contribution < -0.4 is 15.5 Å². The van der Waals surface area contributed by atoms with Gasteiger partial charge in [-0.3, -0.25) is 0 Å². The molecule has 20 heavy (non-hydrogen) atoms. The van der Waals surface area contributed by atoms with Crippen molar-refractivity contribution in [1.82, 2.24) is 15.6 Å². The first kappa shape index (κ1) is 14.6. The van der Waals surface area contributed by atoms with E-state index in [0.717, 1.165) is 38.2 Å². The lowest BCUT2D eigenvalue weighted by Gasteiger charge is -2.33. The Balaban J connectivity index is 1.76. The molecule has 2 heterocycles. The van der Waals surface area contributed by atoms with E-state index in [1.54, 1.807) is 0 Å². The lowest BCUT2D eigenvalue weighted by Crippen LogP contribution is -2.49. The minimum atomic E-state index is -0.0457.